The van der Waals surface area contributed by atoms with E-state index < -0.39 is 25.0 Å². The smallest absolute Gasteiger partial charge is 0.330 e. The van der Waals surface area contributed by atoms with Crippen molar-refractivity contribution in [1.82, 2.24) is 14.9 Å². The van der Waals surface area contributed by atoms with Crippen LogP contribution in [0.2, 0.25) is 0 Å². The minimum absolute atomic E-state index is 0.163. The maximum atomic E-state index is 12.6. The maximum Gasteiger partial charge on any atom is 0.330 e. The SMILES string of the molecule is CNC(COCC(F)(F)C(F)F)c1nccn1C. The molecule has 0 aliphatic carbocycles. The number of likely N-dealkylation sites (N-methyl/N-ethyl adjacent to an activating group) is 1. The van der Waals surface area contributed by atoms with Crippen LogP contribution in [-0.4, -0.2) is 42.2 Å². The Morgan fingerprint density at radius 3 is 2.61 bits per heavy atom. The minimum Gasteiger partial charge on any atom is -0.373 e. The number of hydrogen-bond donors (Lipinski definition) is 1. The molecule has 0 amide bonds. The zero-order valence-corrected chi connectivity index (χ0v) is 10.0. The number of halogens is 4. The number of rotatable bonds is 7. The molecule has 0 saturated heterocycles. The predicted molar refractivity (Wildman–Crippen MR) is 56.8 cm³/mol. The van der Waals surface area contributed by atoms with E-state index >= 15 is 0 Å². The zero-order chi connectivity index (χ0) is 13.8. The Labute approximate surface area is 102 Å². The lowest BCUT2D eigenvalue weighted by Gasteiger charge is -2.19. The first kappa shape index (κ1) is 14.9. The molecule has 1 unspecified atom stereocenters. The molecule has 1 aromatic heterocycles. The van der Waals surface area contributed by atoms with Gasteiger partial charge in [-0.05, 0) is 7.05 Å². The van der Waals surface area contributed by atoms with E-state index in [0.717, 1.165) is 0 Å². The second-order valence-corrected chi connectivity index (χ2v) is 3.81. The lowest BCUT2D eigenvalue weighted by Crippen LogP contribution is -2.34. The highest BCUT2D eigenvalue weighted by atomic mass is 19.3. The van der Waals surface area contributed by atoms with Crippen LogP contribution >= 0.6 is 0 Å². The molecule has 0 bridgehead atoms. The van der Waals surface area contributed by atoms with Crippen LogP contribution in [0.25, 0.3) is 0 Å². The van der Waals surface area contributed by atoms with Crippen LogP contribution < -0.4 is 5.32 Å². The molecule has 1 heterocycles. The zero-order valence-electron chi connectivity index (χ0n) is 10.0. The third-order valence-corrected chi connectivity index (χ3v) is 2.42. The standard InChI is InChI=1S/C10H15F4N3O/c1-15-7(8-16-3-4-17(8)2)5-18-6-10(13,14)9(11)12/h3-4,7,9,15H,5-6H2,1-2H3. The van der Waals surface area contributed by atoms with Crippen molar-refractivity contribution in [3.63, 3.8) is 0 Å². The Balaban J connectivity index is 2.49. The molecule has 4 nitrogen and oxygen atoms in total. The largest absolute Gasteiger partial charge is 0.373 e. The van der Waals surface area contributed by atoms with Crippen molar-refractivity contribution in [3.05, 3.63) is 18.2 Å². The summed E-state index contributed by atoms with van der Waals surface area (Å²) in [4.78, 5) is 4.02. The number of imidazole rings is 1. The quantitative estimate of drug-likeness (QED) is 0.764. The number of ether oxygens (including phenoxy) is 1. The third-order valence-electron chi connectivity index (χ3n) is 2.42. The van der Waals surface area contributed by atoms with E-state index in [1.54, 1.807) is 31.1 Å². The fraction of sp³-hybridized carbons (Fsp3) is 0.700. The summed E-state index contributed by atoms with van der Waals surface area (Å²) in [6, 6.07) is -0.432. The third kappa shape index (κ3) is 3.67. The Morgan fingerprint density at radius 2 is 2.17 bits per heavy atom. The molecule has 104 valence electrons. The summed E-state index contributed by atoms with van der Waals surface area (Å²) in [5, 5.41) is 2.82. The first-order chi connectivity index (χ1) is 8.38. The van der Waals surface area contributed by atoms with Crippen LogP contribution in [0.15, 0.2) is 12.4 Å². The summed E-state index contributed by atoms with van der Waals surface area (Å²) in [5.41, 5.74) is 0. The van der Waals surface area contributed by atoms with Crippen molar-refractivity contribution >= 4 is 0 Å². The number of hydrogen-bond acceptors (Lipinski definition) is 3. The molecule has 8 heteroatoms. The maximum absolute atomic E-state index is 12.6. The highest BCUT2D eigenvalue weighted by Gasteiger charge is 2.41. The van der Waals surface area contributed by atoms with Gasteiger partial charge in [0.25, 0.3) is 0 Å². The van der Waals surface area contributed by atoms with Crippen molar-refractivity contribution in [2.75, 3.05) is 20.3 Å². The molecular formula is C10H15F4N3O. The predicted octanol–water partition coefficient (Wildman–Crippen LogP) is 1.60. The van der Waals surface area contributed by atoms with Crippen LogP contribution in [0.4, 0.5) is 17.6 Å². The van der Waals surface area contributed by atoms with Crippen LogP contribution in [-0.2, 0) is 11.8 Å². The number of alkyl halides is 4. The van der Waals surface area contributed by atoms with Crippen molar-refractivity contribution in [2.24, 2.45) is 7.05 Å². The topological polar surface area (TPSA) is 39.1 Å². The van der Waals surface area contributed by atoms with Crippen LogP contribution in [0.3, 0.4) is 0 Å². The van der Waals surface area contributed by atoms with E-state index in [4.69, 9.17) is 0 Å². The highest BCUT2D eigenvalue weighted by molar-refractivity contribution is 4.98. The summed E-state index contributed by atoms with van der Waals surface area (Å²) >= 11 is 0. The van der Waals surface area contributed by atoms with Gasteiger partial charge in [0, 0.05) is 19.4 Å². The van der Waals surface area contributed by atoms with Gasteiger partial charge in [-0.25, -0.2) is 13.8 Å². The second kappa shape index (κ2) is 6.14. The molecule has 0 aliphatic heterocycles. The number of aromatic nitrogens is 2. The second-order valence-electron chi connectivity index (χ2n) is 3.81. The van der Waals surface area contributed by atoms with Gasteiger partial charge in [-0.3, -0.25) is 0 Å². The molecule has 0 spiro atoms. The van der Waals surface area contributed by atoms with E-state index in [1.165, 1.54) is 0 Å². The van der Waals surface area contributed by atoms with Gasteiger partial charge < -0.3 is 14.6 Å². The van der Waals surface area contributed by atoms with Gasteiger partial charge in [0.15, 0.2) is 0 Å². The molecule has 0 fully saturated rings. The van der Waals surface area contributed by atoms with Crippen LogP contribution in [0, 0.1) is 0 Å². The summed E-state index contributed by atoms with van der Waals surface area (Å²) in [7, 11) is 3.34. The molecule has 0 radical (unpaired) electrons. The van der Waals surface area contributed by atoms with E-state index in [1.807, 2.05) is 0 Å². The fourth-order valence-electron chi connectivity index (χ4n) is 1.38. The first-order valence-corrected chi connectivity index (χ1v) is 5.26. The Kier molecular flexibility index (Phi) is 5.09. The lowest BCUT2D eigenvalue weighted by atomic mass is 10.3. The summed E-state index contributed by atoms with van der Waals surface area (Å²) in [5.74, 6) is -3.54. The van der Waals surface area contributed by atoms with Gasteiger partial charge in [0.1, 0.15) is 12.4 Å². The Hall–Kier alpha value is -1.15. The summed E-state index contributed by atoms with van der Waals surface area (Å²) in [6.45, 7) is -1.48. The molecule has 18 heavy (non-hydrogen) atoms. The molecule has 0 saturated carbocycles. The highest BCUT2D eigenvalue weighted by Crippen LogP contribution is 2.23. The van der Waals surface area contributed by atoms with Gasteiger partial charge in [0.2, 0.25) is 0 Å². The van der Waals surface area contributed by atoms with E-state index in [0.29, 0.717) is 5.82 Å². The average molecular weight is 269 g/mol. The van der Waals surface area contributed by atoms with Gasteiger partial charge in [-0.1, -0.05) is 0 Å². The summed E-state index contributed by atoms with van der Waals surface area (Å²) in [6.07, 6.45) is -0.486. The van der Waals surface area contributed by atoms with E-state index in [-0.39, 0.29) is 6.61 Å². The van der Waals surface area contributed by atoms with Crippen LogP contribution in [0.1, 0.15) is 11.9 Å². The molecule has 1 aromatic rings. The normalized spacial score (nSPS) is 14.2. The van der Waals surface area contributed by atoms with Crippen molar-refractivity contribution in [2.45, 2.75) is 18.4 Å². The molecule has 0 aliphatic rings. The molecule has 1 rings (SSSR count). The van der Waals surface area contributed by atoms with Crippen molar-refractivity contribution < 1.29 is 22.3 Å². The molecule has 1 N–H and O–H groups in total. The number of nitrogens with one attached hydrogen (secondary N) is 1. The minimum atomic E-state index is -4.13. The van der Waals surface area contributed by atoms with Gasteiger partial charge in [-0.15, -0.1) is 0 Å². The Morgan fingerprint density at radius 1 is 1.50 bits per heavy atom. The fourth-order valence-corrected chi connectivity index (χ4v) is 1.38. The monoisotopic (exact) mass is 269 g/mol. The number of nitrogens with zero attached hydrogens (tertiary/aromatic N) is 2. The van der Waals surface area contributed by atoms with Crippen LogP contribution in [0.5, 0.6) is 0 Å². The van der Waals surface area contributed by atoms with Gasteiger partial charge in [0.05, 0.1) is 12.6 Å². The van der Waals surface area contributed by atoms with Gasteiger partial charge in [-0.2, -0.15) is 8.78 Å². The number of aryl methyl sites for hydroxylation is 1. The first-order valence-electron chi connectivity index (χ1n) is 5.26. The molecule has 1 atom stereocenters. The van der Waals surface area contributed by atoms with Crippen molar-refractivity contribution in [3.8, 4) is 0 Å². The molecule has 0 aromatic carbocycles. The van der Waals surface area contributed by atoms with E-state index in [2.05, 4.69) is 15.0 Å². The van der Waals surface area contributed by atoms with E-state index in [9.17, 15) is 17.6 Å². The lowest BCUT2D eigenvalue weighted by molar-refractivity contribution is -0.167. The van der Waals surface area contributed by atoms with Crippen molar-refractivity contribution in [1.29, 1.82) is 0 Å². The van der Waals surface area contributed by atoms with Gasteiger partial charge >= 0.3 is 12.3 Å². The summed E-state index contributed by atoms with van der Waals surface area (Å²) < 4.78 is 55.3. The molecular weight excluding hydrogens is 254 g/mol. The Bertz CT molecular complexity index is 370. The average Bonchev–Trinajstić information content (AvgIpc) is 2.71.